The SMILES string of the molecule is COc1c(CN2O[C@@H](CN)[C@@H]([C@H](C)OC(C)=O)[C@H]2C(=O)N[C@H]2C[C@@H]3C[C@@H]([C@@H]2C)C3(C)C)cccc1-c1cc(CN(C)C(C)=O)cc(N(C)C)c1. The molecule has 11 nitrogen and oxygen atoms in total. The zero-order valence-electron chi connectivity index (χ0n) is 31.5. The lowest BCUT2D eigenvalue weighted by Crippen LogP contribution is -2.62. The predicted octanol–water partition coefficient (Wildman–Crippen LogP) is 4.60. The summed E-state index contributed by atoms with van der Waals surface area (Å²) in [6.07, 6.45) is 1.01. The fourth-order valence-electron chi connectivity index (χ4n) is 8.76. The van der Waals surface area contributed by atoms with Gasteiger partial charge < -0.3 is 30.3 Å². The van der Waals surface area contributed by atoms with Crippen LogP contribution in [0.1, 0.15) is 65.5 Å². The average Bonchev–Trinajstić information content (AvgIpc) is 3.43. The van der Waals surface area contributed by atoms with Crippen molar-refractivity contribution in [1.29, 1.82) is 0 Å². The summed E-state index contributed by atoms with van der Waals surface area (Å²) in [5, 5.41) is 5.12. The minimum Gasteiger partial charge on any atom is -0.496 e. The number of nitrogens with one attached hydrogen (secondary N) is 1. The van der Waals surface area contributed by atoms with Gasteiger partial charge in [-0.25, -0.2) is 0 Å². The highest BCUT2D eigenvalue weighted by Gasteiger charge is 2.57. The molecule has 3 saturated carbocycles. The number of methoxy groups -OCH3 is 1. The second kappa shape index (κ2) is 14.9. The van der Waals surface area contributed by atoms with Gasteiger partial charge in [0.25, 0.3) is 0 Å². The van der Waals surface area contributed by atoms with Crippen molar-refractivity contribution >= 4 is 23.5 Å². The van der Waals surface area contributed by atoms with Gasteiger partial charge in [0, 0.05) is 70.9 Å². The van der Waals surface area contributed by atoms with E-state index in [0.717, 1.165) is 34.4 Å². The summed E-state index contributed by atoms with van der Waals surface area (Å²) in [7, 11) is 7.40. The van der Waals surface area contributed by atoms with Crippen LogP contribution in [0.25, 0.3) is 11.1 Å². The number of fused-ring (bicyclic) bond motifs is 2. The molecule has 2 aromatic carbocycles. The molecule has 8 atom stereocenters. The number of hydrogen-bond donors (Lipinski definition) is 2. The molecule has 1 saturated heterocycles. The van der Waals surface area contributed by atoms with Crippen LogP contribution in [-0.4, -0.2) is 86.8 Å². The third kappa shape index (κ3) is 7.36. The lowest BCUT2D eigenvalue weighted by Gasteiger charge is -2.62. The van der Waals surface area contributed by atoms with Crippen LogP contribution >= 0.6 is 0 Å². The molecule has 4 fully saturated rings. The molecule has 3 N–H and O–H groups in total. The minimum atomic E-state index is -0.754. The molecule has 50 heavy (non-hydrogen) atoms. The van der Waals surface area contributed by atoms with E-state index in [1.807, 2.05) is 44.1 Å². The van der Waals surface area contributed by atoms with Crippen LogP contribution in [-0.2, 0) is 37.0 Å². The van der Waals surface area contributed by atoms with Crippen molar-refractivity contribution in [3.8, 4) is 16.9 Å². The maximum atomic E-state index is 14.4. The summed E-state index contributed by atoms with van der Waals surface area (Å²) in [5.41, 5.74) is 11.2. The van der Waals surface area contributed by atoms with Gasteiger partial charge in [0.2, 0.25) is 11.8 Å². The summed E-state index contributed by atoms with van der Waals surface area (Å²) < 4.78 is 11.8. The van der Waals surface area contributed by atoms with Crippen molar-refractivity contribution in [2.24, 2.45) is 34.8 Å². The van der Waals surface area contributed by atoms with Crippen molar-refractivity contribution in [3.05, 3.63) is 47.5 Å². The fraction of sp³-hybridized carbons (Fsp3) is 0.615. The summed E-state index contributed by atoms with van der Waals surface area (Å²) in [6, 6.07) is 11.5. The molecule has 4 aliphatic rings. The van der Waals surface area contributed by atoms with E-state index < -0.39 is 30.1 Å². The van der Waals surface area contributed by atoms with Crippen molar-refractivity contribution < 1.29 is 28.7 Å². The Balaban J connectivity index is 1.49. The van der Waals surface area contributed by atoms with E-state index in [-0.39, 0.29) is 36.4 Å². The topological polar surface area (TPSA) is 127 Å². The summed E-state index contributed by atoms with van der Waals surface area (Å²) in [5.74, 6) is 1.09. The van der Waals surface area contributed by atoms with Crippen molar-refractivity contribution in [2.75, 3.05) is 39.7 Å². The third-order valence-electron chi connectivity index (χ3n) is 11.8. The van der Waals surface area contributed by atoms with Crippen LogP contribution in [0, 0.1) is 29.1 Å². The summed E-state index contributed by atoms with van der Waals surface area (Å²) in [4.78, 5) is 48.8. The van der Waals surface area contributed by atoms with Crippen LogP contribution in [0.3, 0.4) is 0 Å². The number of hydrogen-bond acceptors (Lipinski definition) is 9. The van der Waals surface area contributed by atoms with Gasteiger partial charge in [0.05, 0.1) is 25.7 Å². The van der Waals surface area contributed by atoms with Gasteiger partial charge in [0.15, 0.2) is 0 Å². The Bertz CT molecular complexity index is 1580. The first-order valence-electron chi connectivity index (χ1n) is 17.9. The minimum absolute atomic E-state index is 0.0127. The van der Waals surface area contributed by atoms with Gasteiger partial charge in [-0.3, -0.25) is 19.2 Å². The summed E-state index contributed by atoms with van der Waals surface area (Å²) in [6.45, 7) is 12.5. The van der Waals surface area contributed by atoms with Gasteiger partial charge in [-0.15, -0.1) is 0 Å². The van der Waals surface area contributed by atoms with Gasteiger partial charge in [-0.2, -0.15) is 5.06 Å². The van der Waals surface area contributed by atoms with Crippen LogP contribution in [0.5, 0.6) is 5.75 Å². The van der Waals surface area contributed by atoms with Gasteiger partial charge >= 0.3 is 5.97 Å². The Morgan fingerprint density at radius 3 is 2.42 bits per heavy atom. The first kappa shape index (κ1) is 37.6. The standard InChI is InChI=1S/C39H57N5O6/c1-22-32-17-29(39(32,5)6)18-33(22)41-38(47)36-35(23(2)49-25(4)46)34(19-40)50-44(36)21-27-12-11-13-31(37(27)48-10)28-14-26(20-43(9)24(3)45)15-30(16-28)42(7)8/h11-16,22-23,29,32-36H,17-21,40H2,1-10H3,(H,41,47)/t22-,23-,29-,32-,33-,34-,35+,36-/m0/s1. The highest BCUT2D eigenvalue weighted by molar-refractivity contribution is 5.83. The number of esters is 1. The molecule has 3 aliphatic carbocycles. The number of ether oxygens (including phenoxy) is 2. The van der Waals surface area contributed by atoms with Crippen LogP contribution in [0.4, 0.5) is 5.69 Å². The molecule has 274 valence electrons. The Labute approximate surface area is 297 Å². The molecule has 0 aromatic heterocycles. The lowest BCUT2D eigenvalue weighted by molar-refractivity contribution is -0.175. The number of hydroxylamine groups is 2. The maximum Gasteiger partial charge on any atom is 0.302 e. The highest BCUT2D eigenvalue weighted by atomic mass is 16.7. The second-order valence-electron chi connectivity index (χ2n) is 15.5. The Morgan fingerprint density at radius 1 is 1.12 bits per heavy atom. The van der Waals surface area contributed by atoms with Crippen molar-refractivity contribution in [1.82, 2.24) is 15.3 Å². The smallest absolute Gasteiger partial charge is 0.302 e. The van der Waals surface area contributed by atoms with Crippen molar-refractivity contribution in [3.63, 3.8) is 0 Å². The first-order valence-corrected chi connectivity index (χ1v) is 17.9. The molecule has 2 amide bonds. The quantitative estimate of drug-likeness (QED) is 0.307. The molecule has 1 heterocycles. The first-order chi connectivity index (χ1) is 23.6. The fourth-order valence-corrected chi connectivity index (χ4v) is 8.76. The van der Waals surface area contributed by atoms with Gasteiger partial charge in [0.1, 0.15) is 17.9 Å². The van der Waals surface area contributed by atoms with Crippen LogP contribution < -0.4 is 20.7 Å². The molecular formula is C39H57N5O6. The Hall–Kier alpha value is -3.67. The van der Waals surface area contributed by atoms with E-state index in [1.165, 1.54) is 13.3 Å². The van der Waals surface area contributed by atoms with E-state index in [2.05, 4.69) is 44.3 Å². The van der Waals surface area contributed by atoms with E-state index in [4.69, 9.17) is 20.0 Å². The van der Waals surface area contributed by atoms with E-state index in [0.29, 0.717) is 30.0 Å². The Morgan fingerprint density at radius 2 is 1.84 bits per heavy atom. The number of carbonyl (C=O) groups excluding carboxylic acids is 3. The zero-order valence-corrected chi connectivity index (χ0v) is 31.5. The maximum absolute atomic E-state index is 14.4. The number of anilines is 1. The molecule has 0 unspecified atom stereocenters. The molecule has 6 rings (SSSR count). The third-order valence-corrected chi connectivity index (χ3v) is 11.8. The number of carbonyl (C=O) groups is 3. The molecule has 0 radical (unpaired) electrons. The number of rotatable bonds is 12. The molecule has 2 bridgehead atoms. The van der Waals surface area contributed by atoms with E-state index >= 15 is 0 Å². The molecule has 1 aliphatic heterocycles. The molecule has 2 aromatic rings. The number of nitrogens with zero attached hydrogens (tertiary/aromatic N) is 3. The number of benzene rings is 2. The lowest BCUT2D eigenvalue weighted by atomic mass is 9.45. The number of amides is 2. The van der Waals surface area contributed by atoms with E-state index in [1.54, 1.807) is 31.0 Å². The van der Waals surface area contributed by atoms with Crippen LogP contribution in [0.2, 0.25) is 0 Å². The van der Waals surface area contributed by atoms with Gasteiger partial charge in [-0.1, -0.05) is 39.0 Å². The number of para-hydroxylation sites is 1. The average molecular weight is 692 g/mol. The zero-order chi connectivity index (χ0) is 36.7. The van der Waals surface area contributed by atoms with Gasteiger partial charge in [-0.05, 0) is 72.3 Å². The summed E-state index contributed by atoms with van der Waals surface area (Å²) >= 11 is 0. The monoisotopic (exact) mass is 691 g/mol. The highest BCUT2D eigenvalue weighted by Crippen LogP contribution is 2.61. The predicted molar refractivity (Wildman–Crippen MR) is 194 cm³/mol. The molecular weight excluding hydrogens is 634 g/mol. The molecule has 0 spiro atoms. The van der Waals surface area contributed by atoms with Crippen LogP contribution in [0.15, 0.2) is 36.4 Å². The Kier molecular flexibility index (Phi) is 11.2. The van der Waals surface area contributed by atoms with E-state index in [9.17, 15) is 14.4 Å². The normalized spacial score (nSPS) is 27.5. The molecule has 11 heteroatoms. The van der Waals surface area contributed by atoms with Crippen molar-refractivity contribution in [2.45, 2.75) is 91.8 Å². The number of nitrogens with two attached hydrogens (primary N) is 1. The second-order valence-corrected chi connectivity index (χ2v) is 15.5. The largest absolute Gasteiger partial charge is 0.496 e.